The van der Waals surface area contributed by atoms with Crippen molar-refractivity contribution in [3.63, 3.8) is 0 Å². The number of aromatic nitrogens is 4. The van der Waals surface area contributed by atoms with Gasteiger partial charge in [-0.15, -0.1) is 0 Å². The predicted molar refractivity (Wildman–Crippen MR) is 71.0 cm³/mol. The van der Waals surface area contributed by atoms with Gasteiger partial charge in [-0.05, 0) is 41.4 Å². The summed E-state index contributed by atoms with van der Waals surface area (Å²) in [5, 5.41) is 0. The lowest BCUT2D eigenvalue weighted by atomic mass is 10.1. The molecule has 86 valence electrons. The van der Waals surface area contributed by atoms with E-state index in [4.69, 9.17) is 0 Å². The zero-order valence-electron chi connectivity index (χ0n) is 9.82. The molecule has 3 aromatic rings. The number of aryl methyl sites for hydroxylation is 3. The van der Waals surface area contributed by atoms with Crippen molar-refractivity contribution in [1.29, 1.82) is 0 Å². The molecule has 0 amide bonds. The Morgan fingerprint density at radius 3 is 2.65 bits per heavy atom. The number of fused-ring (bicyclic) bond motifs is 3. The third-order valence-corrected chi connectivity index (χ3v) is 3.64. The Labute approximate surface area is 107 Å². The van der Waals surface area contributed by atoms with Gasteiger partial charge in [-0.25, -0.2) is 9.97 Å². The quantitative estimate of drug-likeness (QED) is 0.639. The van der Waals surface area contributed by atoms with Crippen molar-refractivity contribution in [3.05, 3.63) is 28.3 Å². The lowest BCUT2D eigenvalue weighted by molar-refractivity contribution is 0.912. The molecule has 0 radical (unpaired) electrons. The van der Waals surface area contributed by atoms with Crippen LogP contribution in [0.2, 0.25) is 0 Å². The Morgan fingerprint density at radius 1 is 1.12 bits per heavy atom. The molecule has 5 heteroatoms. The Balaban J connectivity index is 2.62. The highest BCUT2D eigenvalue weighted by Crippen LogP contribution is 2.27. The molecule has 0 atom stereocenters. The summed E-state index contributed by atoms with van der Waals surface area (Å²) in [6.45, 7) is 3.99. The van der Waals surface area contributed by atoms with Gasteiger partial charge in [0.15, 0.2) is 4.73 Å². The van der Waals surface area contributed by atoms with Crippen molar-refractivity contribution < 1.29 is 0 Å². The summed E-state index contributed by atoms with van der Waals surface area (Å²) in [4.78, 5) is 13.5. The zero-order chi connectivity index (χ0) is 12.2. The van der Waals surface area contributed by atoms with E-state index in [1.165, 1.54) is 0 Å². The van der Waals surface area contributed by atoms with Gasteiger partial charge >= 0.3 is 0 Å². The molecule has 0 fully saturated rings. The monoisotopic (exact) mass is 290 g/mol. The number of rotatable bonds is 0. The molecular weight excluding hydrogens is 280 g/mol. The number of hydrogen-bond acceptors (Lipinski definition) is 3. The highest BCUT2D eigenvalue weighted by molar-refractivity contribution is 9.10. The number of benzene rings is 1. The van der Waals surface area contributed by atoms with E-state index in [1.54, 1.807) is 6.20 Å². The normalized spacial score (nSPS) is 11.5. The van der Waals surface area contributed by atoms with Crippen LogP contribution in [0.3, 0.4) is 0 Å². The fourth-order valence-electron chi connectivity index (χ4n) is 2.03. The second-order valence-electron chi connectivity index (χ2n) is 4.21. The van der Waals surface area contributed by atoms with Gasteiger partial charge in [0.05, 0.1) is 16.7 Å². The number of imidazole rings is 1. The van der Waals surface area contributed by atoms with E-state index in [9.17, 15) is 0 Å². The van der Waals surface area contributed by atoms with Gasteiger partial charge in [-0.3, -0.25) is 4.98 Å². The number of halogens is 1. The zero-order valence-corrected chi connectivity index (χ0v) is 11.4. The van der Waals surface area contributed by atoms with Crippen LogP contribution in [0.4, 0.5) is 0 Å². The maximum Gasteiger partial charge on any atom is 0.177 e. The van der Waals surface area contributed by atoms with Gasteiger partial charge in [0.25, 0.3) is 0 Å². The van der Waals surface area contributed by atoms with Crippen LogP contribution >= 0.6 is 15.9 Å². The summed E-state index contributed by atoms with van der Waals surface area (Å²) in [6.07, 6.45) is 1.79. The second-order valence-corrected chi connectivity index (χ2v) is 4.92. The van der Waals surface area contributed by atoms with Crippen LogP contribution in [-0.2, 0) is 7.05 Å². The molecule has 4 nitrogen and oxygen atoms in total. The summed E-state index contributed by atoms with van der Waals surface area (Å²) in [5.41, 5.74) is 5.80. The highest BCUT2D eigenvalue weighted by atomic mass is 79.9. The van der Waals surface area contributed by atoms with E-state index in [0.717, 1.165) is 38.1 Å². The number of hydrogen-bond donors (Lipinski definition) is 0. The van der Waals surface area contributed by atoms with E-state index in [-0.39, 0.29) is 0 Å². The van der Waals surface area contributed by atoms with E-state index >= 15 is 0 Å². The predicted octanol–water partition coefficient (Wildman–Crippen LogP) is 2.90. The van der Waals surface area contributed by atoms with Crippen molar-refractivity contribution in [2.24, 2.45) is 7.05 Å². The first-order chi connectivity index (χ1) is 8.08. The van der Waals surface area contributed by atoms with E-state index in [0.29, 0.717) is 0 Å². The third-order valence-electron chi connectivity index (χ3n) is 2.93. The summed E-state index contributed by atoms with van der Waals surface area (Å²) in [7, 11) is 1.98. The molecular formula is C12H11BrN4. The van der Waals surface area contributed by atoms with Gasteiger partial charge in [0.2, 0.25) is 0 Å². The molecule has 0 saturated heterocycles. The molecule has 0 spiro atoms. The topological polar surface area (TPSA) is 43.6 Å². The first-order valence-corrected chi connectivity index (χ1v) is 6.12. The van der Waals surface area contributed by atoms with Crippen LogP contribution in [0.25, 0.3) is 22.1 Å². The Kier molecular flexibility index (Phi) is 2.19. The van der Waals surface area contributed by atoms with Crippen LogP contribution in [0.1, 0.15) is 11.3 Å². The molecule has 0 aliphatic rings. The van der Waals surface area contributed by atoms with E-state index in [1.807, 2.05) is 25.5 Å². The first kappa shape index (κ1) is 10.7. The molecule has 2 heterocycles. The van der Waals surface area contributed by atoms with Crippen LogP contribution in [0, 0.1) is 13.8 Å². The van der Waals surface area contributed by atoms with Gasteiger partial charge in [-0.1, -0.05) is 0 Å². The SMILES string of the molecule is Cc1cnc2c(C)cc3c(nc(Br)n3C)c2n1. The second kappa shape index (κ2) is 3.50. The molecule has 0 N–H and O–H groups in total. The number of nitrogens with zero attached hydrogens (tertiary/aromatic N) is 4. The first-order valence-electron chi connectivity index (χ1n) is 5.33. The molecule has 0 unspecified atom stereocenters. The minimum atomic E-state index is 0.808. The van der Waals surface area contributed by atoms with Crippen molar-refractivity contribution in [3.8, 4) is 0 Å². The van der Waals surface area contributed by atoms with Crippen molar-refractivity contribution in [2.45, 2.75) is 13.8 Å². The van der Waals surface area contributed by atoms with E-state index in [2.05, 4.69) is 36.9 Å². The summed E-state index contributed by atoms with van der Waals surface area (Å²) >= 11 is 3.44. The highest BCUT2D eigenvalue weighted by Gasteiger charge is 2.12. The van der Waals surface area contributed by atoms with E-state index < -0.39 is 0 Å². The van der Waals surface area contributed by atoms with Crippen LogP contribution < -0.4 is 0 Å². The maximum atomic E-state index is 4.56. The van der Waals surface area contributed by atoms with Crippen LogP contribution in [0.5, 0.6) is 0 Å². The maximum absolute atomic E-state index is 4.56. The van der Waals surface area contributed by atoms with Crippen molar-refractivity contribution >= 4 is 38.0 Å². The van der Waals surface area contributed by atoms with Crippen molar-refractivity contribution in [2.75, 3.05) is 0 Å². The molecule has 2 aromatic heterocycles. The summed E-state index contributed by atoms with van der Waals surface area (Å²) in [6, 6.07) is 2.10. The molecule has 1 aromatic carbocycles. The largest absolute Gasteiger partial charge is 0.322 e. The molecule has 0 aliphatic carbocycles. The van der Waals surface area contributed by atoms with Crippen LogP contribution in [-0.4, -0.2) is 19.5 Å². The Bertz CT molecular complexity index is 745. The van der Waals surface area contributed by atoms with Crippen molar-refractivity contribution in [1.82, 2.24) is 19.5 Å². The minimum Gasteiger partial charge on any atom is -0.322 e. The lowest BCUT2D eigenvalue weighted by Crippen LogP contribution is -1.93. The van der Waals surface area contributed by atoms with Gasteiger partial charge < -0.3 is 4.57 Å². The lowest BCUT2D eigenvalue weighted by Gasteiger charge is -2.03. The standard InChI is InChI=1S/C12H11BrN4/c1-6-4-8-10(16-12(13)17(8)3)11-9(6)14-5-7(2)15-11/h4-5H,1-3H3. The molecule has 3 rings (SSSR count). The molecule has 0 aliphatic heterocycles. The van der Waals surface area contributed by atoms with Gasteiger partial charge in [0.1, 0.15) is 11.0 Å². The fraction of sp³-hybridized carbons (Fsp3) is 0.250. The summed E-state index contributed by atoms with van der Waals surface area (Å²) < 4.78 is 2.81. The fourth-order valence-corrected chi connectivity index (χ4v) is 2.39. The van der Waals surface area contributed by atoms with Gasteiger partial charge in [0, 0.05) is 13.2 Å². The average molecular weight is 291 g/mol. The molecule has 0 saturated carbocycles. The Hall–Kier alpha value is -1.49. The minimum absolute atomic E-state index is 0.808. The molecule has 0 bridgehead atoms. The summed E-state index contributed by atoms with van der Waals surface area (Å²) in [5.74, 6) is 0. The molecule has 17 heavy (non-hydrogen) atoms. The van der Waals surface area contributed by atoms with Gasteiger partial charge in [-0.2, -0.15) is 0 Å². The Morgan fingerprint density at radius 2 is 1.88 bits per heavy atom. The van der Waals surface area contributed by atoms with Crippen LogP contribution in [0.15, 0.2) is 17.0 Å². The third kappa shape index (κ3) is 1.45. The smallest absolute Gasteiger partial charge is 0.177 e. The average Bonchev–Trinajstić information content (AvgIpc) is 2.57.